The summed E-state index contributed by atoms with van der Waals surface area (Å²) >= 11 is 0. The van der Waals surface area contributed by atoms with Crippen LogP contribution in [0.25, 0.3) is 0 Å². The van der Waals surface area contributed by atoms with E-state index in [-0.39, 0.29) is 31.1 Å². The third-order valence-corrected chi connectivity index (χ3v) is 12.6. The van der Waals surface area contributed by atoms with Crippen LogP contribution in [0.2, 0.25) is 0 Å². The molecule has 356 valence electrons. The van der Waals surface area contributed by atoms with Gasteiger partial charge in [0, 0.05) is 19.3 Å². The van der Waals surface area contributed by atoms with Crippen molar-refractivity contribution in [2.45, 2.75) is 304 Å². The van der Waals surface area contributed by atoms with Gasteiger partial charge in [-0.2, -0.15) is 0 Å². The summed E-state index contributed by atoms with van der Waals surface area (Å²) in [7, 11) is 0. The van der Waals surface area contributed by atoms with Gasteiger partial charge < -0.3 is 14.2 Å². The second kappa shape index (κ2) is 46.9. The standard InChI is InChI=1S/C54H104O6/c1-6-8-9-10-11-12-13-14-15-16-19-23-26-29-36-41-46-54(57)60-51(48-59-53(56)45-40-35-31-30-33-38-43-50(5)7-2)47-58-52(55)44-39-34-28-25-22-20-17-18-21-24-27-32-37-42-49(3)4/h49-51H,6-48H2,1-5H3/t50?,51-/m0/s1. The lowest BCUT2D eigenvalue weighted by molar-refractivity contribution is -0.167. The molecule has 60 heavy (non-hydrogen) atoms. The molecule has 0 spiro atoms. The first kappa shape index (κ1) is 58.4. The third-order valence-electron chi connectivity index (χ3n) is 12.6. The molecule has 0 aromatic rings. The van der Waals surface area contributed by atoms with Crippen molar-refractivity contribution in [2.24, 2.45) is 11.8 Å². The Bertz CT molecular complexity index is 918. The maximum absolute atomic E-state index is 12.8. The van der Waals surface area contributed by atoms with E-state index in [1.165, 1.54) is 186 Å². The number of esters is 3. The molecule has 0 heterocycles. The largest absolute Gasteiger partial charge is 0.462 e. The monoisotopic (exact) mass is 849 g/mol. The average molecular weight is 849 g/mol. The molecule has 0 saturated carbocycles. The van der Waals surface area contributed by atoms with Crippen molar-refractivity contribution in [3.05, 3.63) is 0 Å². The first-order chi connectivity index (χ1) is 29.3. The Balaban J connectivity index is 4.28. The second-order valence-corrected chi connectivity index (χ2v) is 19.2. The highest BCUT2D eigenvalue weighted by atomic mass is 16.6. The van der Waals surface area contributed by atoms with Gasteiger partial charge in [0.05, 0.1) is 0 Å². The third kappa shape index (κ3) is 45.9. The zero-order valence-electron chi connectivity index (χ0n) is 41.1. The molecule has 2 atom stereocenters. The topological polar surface area (TPSA) is 78.9 Å². The molecule has 0 aliphatic rings. The Morgan fingerprint density at radius 3 is 0.950 bits per heavy atom. The Kier molecular flexibility index (Phi) is 45.7. The van der Waals surface area contributed by atoms with E-state index in [9.17, 15) is 14.4 Å². The first-order valence-electron chi connectivity index (χ1n) is 26.8. The molecule has 6 nitrogen and oxygen atoms in total. The van der Waals surface area contributed by atoms with E-state index in [2.05, 4.69) is 34.6 Å². The number of ether oxygens (including phenoxy) is 3. The predicted octanol–water partition coefficient (Wildman–Crippen LogP) is 17.3. The van der Waals surface area contributed by atoms with E-state index in [4.69, 9.17) is 14.2 Å². The van der Waals surface area contributed by atoms with Crippen molar-refractivity contribution >= 4 is 17.9 Å². The molecule has 0 aliphatic carbocycles. The van der Waals surface area contributed by atoms with Gasteiger partial charge in [-0.15, -0.1) is 0 Å². The van der Waals surface area contributed by atoms with Gasteiger partial charge in [0.15, 0.2) is 6.10 Å². The average Bonchev–Trinajstić information content (AvgIpc) is 3.23. The van der Waals surface area contributed by atoms with Crippen LogP contribution in [-0.4, -0.2) is 37.2 Å². The van der Waals surface area contributed by atoms with Gasteiger partial charge in [0.1, 0.15) is 13.2 Å². The van der Waals surface area contributed by atoms with Gasteiger partial charge in [-0.25, -0.2) is 0 Å². The number of unbranched alkanes of at least 4 members (excludes halogenated alkanes) is 32. The summed E-state index contributed by atoms with van der Waals surface area (Å²) in [6.45, 7) is 11.4. The minimum absolute atomic E-state index is 0.0641. The van der Waals surface area contributed by atoms with Crippen LogP contribution >= 0.6 is 0 Å². The van der Waals surface area contributed by atoms with Gasteiger partial charge in [-0.1, -0.05) is 259 Å². The second-order valence-electron chi connectivity index (χ2n) is 19.2. The van der Waals surface area contributed by atoms with E-state index in [0.717, 1.165) is 69.6 Å². The van der Waals surface area contributed by atoms with Crippen molar-refractivity contribution < 1.29 is 28.6 Å². The summed E-state index contributed by atoms with van der Waals surface area (Å²) in [6.07, 6.45) is 48.1. The van der Waals surface area contributed by atoms with Gasteiger partial charge in [-0.05, 0) is 31.1 Å². The molecule has 0 N–H and O–H groups in total. The quantitative estimate of drug-likeness (QED) is 0.0345. The van der Waals surface area contributed by atoms with Crippen LogP contribution in [0.3, 0.4) is 0 Å². The number of rotatable bonds is 48. The van der Waals surface area contributed by atoms with Gasteiger partial charge in [-0.3, -0.25) is 14.4 Å². The normalized spacial score (nSPS) is 12.5. The van der Waals surface area contributed by atoms with Crippen LogP contribution in [0.1, 0.15) is 298 Å². The van der Waals surface area contributed by atoms with Crippen LogP contribution < -0.4 is 0 Å². The van der Waals surface area contributed by atoms with Gasteiger partial charge >= 0.3 is 17.9 Å². The predicted molar refractivity (Wildman–Crippen MR) is 256 cm³/mol. The van der Waals surface area contributed by atoms with Crippen molar-refractivity contribution in [2.75, 3.05) is 13.2 Å². The minimum atomic E-state index is -0.762. The maximum Gasteiger partial charge on any atom is 0.306 e. The molecule has 0 aromatic carbocycles. The molecule has 0 fully saturated rings. The number of hydrogen-bond acceptors (Lipinski definition) is 6. The lowest BCUT2D eigenvalue weighted by atomic mass is 10.00. The number of carbonyl (C=O) groups is 3. The summed E-state index contributed by atoms with van der Waals surface area (Å²) in [6, 6.07) is 0. The lowest BCUT2D eigenvalue weighted by Crippen LogP contribution is -2.30. The Morgan fingerprint density at radius 1 is 0.350 bits per heavy atom. The summed E-state index contributed by atoms with van der Waals surface area (Å²) < 4.78 is 16.8. The zero-order chi connectivity index (χ0) is 44.0. The molecular formula is C54H104O6. The molecule has 0 bridgehead atoms. The molecule has 0 amide bonds. The lowest BCUT2D eigenvalue weighted by Gasteiger charge is -2.18. The molecule has 0 saturated heterocycles. The highest BCUT2D eigenvalue weighted by Crippen LogP contribution is 2.18. The van der Waals surface area contributed by atoms with Crippen LogP contribution in [0.5, 0.6) is 0 Å². The molecule has 0 aromatic heterocycles. The summed E-state index contributed by atoms with van der Waals surface area (Å²) in [5.41, 5.74) is 0. The molecular weight excluding hydrogens is 745 g/mol. The summed E-state index contributed by atoms with van der Waals surface area (Å²) in [5, 5.41) is 0. The van der Waals surface area contributed by atoms with Crippen LogP contribution in [0, 0.1) is 11.8 Å². The highest BCUT2D eigenvalue weighted by molar-refractivity contribution is 5.71. The van der Waals surface area contributed by atoms with Crippen molar-refractivity contribution in [1.29, 1.82) is 0 Å². The van der Waals surface area contributed by atoms with Gasteiger partial charge in [0.25, 0.3) is 0 Å². The van der Waals surface area contributed by atoms with Crippen molar-refractivity contribution in [3.63, 3.8) is 0 Å². The molecule has 1 unspecified atom stereocenters. The summed E-state index contributed by atoms with van der Waals surface area (Å²) in [5.74, 6) is 0.805. The van der Waals surface area contributed by atoms with Gasteiger partial charge in [0.2, 0.25) is 0 Å². The fourth-order valence-corrected chi connectivity index (χ4v) is 8.13. The van der Waals surface area contributed by atoms with Crippen LogP contribution in [0.4, 0.5) is 0 Å². The molecule has 0 aliphatic heterocycles. The number of carbonyl (C=O) groups excluding carboxylic acids is 3. The Morgan fingerprint density at radius 2 is 0.633 bits per heavy atom. The van der Waals surface area contributed by atoms with E-state index in [0.29, 0.717) is 19.3 Å². The maximum atomic E-state index is 12.8. The smallest absolute Gasteiger partial charge is 0.306 e. The summed E-state index contributed by atoms with van der Waals surface area (Å²) in [4.78, 5) is 38.0. The van der Waals surface area contributed by atoms with Crippen LogP contribution in [0.15, 0.2) is 0 Å². The first-order valence-corrected chi connectivity index (χ1v) is 26.8. The zero-order valence-corrected chi connectivity index (χ0v) is 41.1. The highest BCUT2D eigenvalue weighted by Gasteiger charge is 2.19. The van der Waals surface area contributed by atoms with E-state index in [1.54, 1.807) is 0 Å². The molecule has 0 radical (unpaired) electrons. The van der Waals surface area contributed by atoms with E-state index >= 15 is 0 Å². The Labute approximate surface area is 374 Å². The van der Waals surface area contributed by atoms with Crippen molar-refractivity contribution in [3.8, 4) is 0 Å². The number of hydrogen-bond donors (Lipinski definition) is 0. The fourth-order valence-electron chi connectivity index (χ4n) is 8.13. The van der Waals surface area contributed by atoms with E-state index < -0.39 is 6.10 Å². The fraction of sp³-hybridized carbons (Fsp3) is 0.944. The van der Waals surface area contributed by atoms with Crippen molar-refractivity contribution in [1.82, 2.24) is 0 Å². The van der Waals surface area contributed by atoms with E-state index in [1.807, 2.05) is 0 Å². The Hall–Kier alpha value is -1.59. The van der Waals surface area contributed by atoms with Crippen LogP contribution in [-0.2, 0) is 28.6 Å². The molecule has 6 heteroatoms. The minimum Gasteiger partial charge on any atom is -0.462 e. The molecule has 0 rings (SSSR count). The SMILES string of the molecule is CCCCCCCCCCCCCCCCCCC(=O)O[C@@H](COC(=O)CCCCCCCCCCCCCCCC(C)C)COC(=O)CCCCCCCCC(C)CC.